The van der Waals surface area contributed by atoms with Gasteiger partial charge in [0, 0.05) is 18.4 Å². The Bertz CT molecular complexity index is 723. The molecule has 0 atom stereocenters. The SMILES string of the molecule is CC(=O)c1cc(F)cc(CSc2n[nH]c(=O)n2C)c1O. The van der Waals surface area contributed by atoms with Gasteiger partial charge in [-0.25, -0.2) is 14.3 Å². The van der Waals surface area contributed by atoms with E-state index in [1.165, 1.54) is 11.5 Å². The number of aromatic hydroxyl groups is 1. The van der Waals surface area contributed by atoms with Gasteiger partial charge in [-0.15, -0.1) is 5.10 Å². The number of Topliss-reactive ketones (excluding diaryl/α,β-unsaturated/α-hetero) is 1. The number of carbonyl (C=O) groups is 1. The lowest BCUT2D eigenvalue weighted by Gasteiger charge is -2.08. The van der Waals surface area contributed by atoms with Crippen LogP contribution in [0.4, 0.5) is 4.39 Å². The summed E-state index contributed by atoms with van der Waals surface area (Å²) in [5.41, 5.74) is -0.146. The molecule has 2 N–H and O–H groups in total. The number of phenolic OH excluding ortho intramolecular Hbond substituents is 1. The quantitative estimate of drug-likeness (QED) is 0.658. The van der Waals surface area contributed by atoms with E-state index >= 15 is 0 Å². The van der Waals surface area contributed by atoms with E-state index in [2.05, 4.69) is 10.2 Å². The third-order valence-electron chi connectivity index (χ3n) is 2.73. The van der Waals surface area contributed by atoms with E-state index in [0.717, 1.165) is 23.9 Å². The molecule has 2 aromatic rings. The second-order valence-electron chi connectivity index (χ2n) is 4.18. The molecule has 0 saturated heterocycles. The highest BCUT2D eigenvalue weighted by atomic mass is 32.2. The molecule has 6 nitrogen and oxygen atoms in total. The minimum atomic E-state index is -0.598. The molecule has 0 aliphatic rings. The van der Waals surface area contributed by atoms with Crippen LogP contribution in [0.25, 0.3) is 0 Å². The molecule has 0 amide bonds. The number of nitrogens with one attached hydrogen (secondary N) is 1. The highest BCUT2D eigenvalue weighted by molar-refractivity contribution is 7.98. The van der Waals surface area contributed by atoms with Crippen LogP contribution in [0.3, 0.4) is 0 Å². The molecule has 8 heteroatoms. The molecule has 1 heterocycles. The fourth-order valence-electron chi connectivity index (χ4n) is 1.64. The molecule has 1 aromatic carbocycles. The van der Waals surface area contributed by atoms with Crippen LogP contribution in [0.5, 0.6) is 5.75 Å². The van der Waals surface area contributed by atoms with Crippen LogP contribution in [-0.2, 0) is 12.8 Å². The second kappa shape index (κ2) is 5.49. The monoisotopic (exact) mass is 297 g/mol. The number of nitrogens with zero attached hydrogens (tertiary/aromatic N) is 2. The molecule has 106 valence electrons. The number of hydrogen-bond donors (Lipinski definition) is 2. The van der Waals surface area contributed by atoms with Gasteiger partial charge in [0.05, 0.1) is 5.56 Å². The highest BCUT2D eigenvalue weighted by Gasteiger charge is 2.15. The number of hydrogen-bond acceptors (Lipinski definition) is 5. The summed E-state index contributed by atoms with van der Waals surface area (Å²) in [6, 6.07) is 2.15. The van der Waals surface area contributed by atoms with Crippen molar-refractivity contribution in [3.63, 3.8) is 0 Å². The van der Waals surface area contributed by atoms with Crippen molar-refractivity contribution in [2.24, 2.45) is 7.05 Å². The first-order valence-corrected chi connectivity index (χ1v) is 6.65. The Morgan fingerprint density at radius 3 is 2.80 bits per heavy atom. The van der Waals surface area contributed by atoms with Crippen molar-refractivity contribution in [1.82, 2.24) is 14.8 Å². The third-order valence-corrected chi connectivity index (χ3v) is 3.81. The fraction of sp³-hybridized carbons (Fsp3) is 0.250. The summed E-state index contributed by atoms with van der Waals surface area (Å²) in [6.45, 7) is 1.25. The zero-order valence-corrected chi connectivity index (χ0v) is 11.6. The van der Waals surface area contributed by atoms with Crippen LogP contribution >= 0.6 is 11.8 Å². The normalized spacial score (nSPS) is 10.8. The van der Waals surface area contributed by atoms with Crippen molar-refractivity contribution < 1.29 is 14.3 Å². The molecule has 2 rings (SSSR count). The summed E-state index contributed by atoms with van der Waals surface area (Å²) >= 11 is 1.15. The summed E-state index contributed by atoms with van der Waals surface area (Å²) in [7, 11) is 1.54. The maximum atomic E-state index is 13.4. The van der Waals surface area contributed by atoms with Crippen LogP contribution in [0.2, 0.25) is 0 Å². The topological polar surface area (TPSA) is 88.0 Å². The largest absolute Gasteiger partial charge is 0.507 e. The van der Waals surface area contributed by atoms with Crippen molar-refractivity contribution in [2.75, 3.05) is 0 Å². The second-order valence-corrected chi connectivity index (χ2v) is 5.12. The Kier molecular flexibility index (Phi) is 3.93. The van der Waals surface area contributed by atoms with Crippen LogP contribution in [0, 0.1) is 5.82 Å². The molecule has 20 heavy (non-hydrogen) atoms. The number of aromatic amines is 1. The summed E-state index contributed by atoms with van der Waals surface area (Å²) in [4.78, 5) is 22.5. The summed E-state index contributed by atoms with van der Waals surface area (Å²) in [6.07, 6.45) is 0. The summed E-state index contributed by atoms with van der Waals surface area (Å²) in [5, 5.41) is 16.4. The number of aromatic nitrogens is 3. The molecule has 0 aliphatic carbocycles. The molecule has 0 aliphatic heterocycles. The molecule has 0 unspecified atom stereocenters. The lowest BCUT2D eigenvalue weighted by molar-refractivity contribution is 0.101. The molecule has 1 aromatic heterocycles. The van der Waals surface area contributed by atoms with Crippen molar-refractivity contribution >= 4 is 17.5 Å². The van der Waals surface area contributed by atoms with Crippen LogP contribution in [0.15, 0.2) is 22.1 Å². The van der Waals surface area contributed by atoms with E-state index in [1.807, 2.05) is 0 Å². The maximum Gasteiger partial charge on any atom is 0.343 e. The van der Waals surface area contributed by atoms with Crippen molar-refractivity contribution in [3.05, 3.63) is 39.6 Å². The first-order valence-electron chi connectivity index (χ1n) is 5.66. The molecule has 0 saturated carbocycles. The minimum Gasteiger partial charge on any atom is -0.507 e. The molecular weight excluding hydrogens is 285 g/mol. The standard InChI is InChI=1S/C12H12FN3O3S/c1-6(17)9-4-8(13)3-7(10(9)18)5-20-12-15-14-11(19)16(12)2/h3-4,18H,5H2,1-2H3,(H,14,19). The van der Waals surface area contributed by atoms with Gasteiger partial charge >= 0.3 is 5.69 Å². The van der Waals surface area contributed by atoms with Gasteiger partial charge in [0.25, 0.3) is 0 Å². The van der Waals surface area contributed by atoms with E-state index in [-0.39, 0.29) is 28.3 Å². The van der Waals surface area contributed by atoms with Gasteiger partial charge in [0.15, 0.2) is 10.9 Å². The Balaban J connectivity index is 2.28. The maximum absolute atomic E-state index is 13.4. The Labute approximate surface area is 117 Å². The zero-order valence-electron chi connectivity index (χ0n) is 10.8. The Hall–Kier alpha value is -2.09. The van der Waals surface area contributed by atoms with E-state index in [0.29, 0.717) is 5.16 Å². The molecule has 0 fully saturated rings. The first kappa shape index (κ1) is 14.3. The van der Waals surface area contributed by atoms with Gasteiger partial charge in [0.1, 0.15) is 11.6 Å². The fourth-order valence-corrected chi connectivity index (χ4v) is 2.53. The van der Waals surface area contributed by atoms with Gasteiger partial charge in [0.2, 0.25) is 0 Å². The third kappa shape index (κ3) is 2.74. The van der Waals surface area contributed by atoms with Crippen LogP contribution in [0.1, 0.15) is 22.8 Å². The van der Waals surface area contributed by atoms with Crippen LogP contribution in [-0.4, -0.2) is 25.7 Å². The van der Waals surface area contributed by atoms with Gasteiger partial charge in [-0.3, -0.25) is 9.36 Å². The number of phenols is 1. The minimum absolute atomic E-state index is 0.0588. The number of rotatable bonds is 4. The Morgan fingerprint density at radius 2 is 2.25 bits per heavy atom. The number of carbonyl (C=O) groups excluding carboxylic acids is 1. The average molecular weight is 297 g/mol. The van der Waals surface area contributed by atoms with Gasteiger partial charge in [-0.2, -0.15) is 0 Å². The van der Waals surface area contributed by atoms with Crippen molar-refractivity contribution in [3.8, 4) is 5.75 Å². The van der Waals surface area contributed by atoms with Gasteiger partial charge in [-0.05, 0) is 19.1 Å². The van der Waals surface area contributed by atoms with E-state index in [4.69, 9.17) is 0 Å². The predicted octanol–water partition coefficient (Wildman–Crippen LogP) is 1.45. The zero-order chi connectivity index (χ0) is 14.9. The molecule has 0 radical (unpaired) electrons. The van der Waals surface area contributed by atoms with E-state index < -0.39 is 11.6 Å². The van der Waals surface area contributed by atoms with Crippen molar-refractivity contribution in [1.29, 1.82) is 0 Å². The lowest BCUT2D eigenvalue weighted by Crippen LogP contribution is -2.12. The Morgan fingerprint density at radius 1 is 1.55 bits per heavy atom. The molecule has 0 bridgehead atoms. The van der Waals surface area contributed by atoms with E-state index in [1.54, 1.807) is 7.05 Å². The number of halogens is 1. The van der Waals surface area contributed by atoms with Gasteiger partial charge in [-0.1, -0.05) is 11.8 Å². The highest BCUT2D eigenvalue weighted by Crippen LogP contribution is 2.29. The summed E-state index contributed by atoms with van der Waals surface area (Å²) < 4.78 is 14.7. The van der Waals surface area contributed by atoms with Crippen LogP contribution < -0.4 is 5.69 Å². The van der Waals surface area contributed by atoms with Crippen molar-refractivity contribution in [2.45, 2.75) is 17.8 Å². The number of ketones is 1. The average Bonchev–Trinajstić information content (AvgIpc) is 2.70. The first-order chi connectivity index (χ1) is 9.40. The predicted molar refractivity (Wildman–Crippen MR) is 71.5 cm³/mol. The lowest BCUT2D eigenvalue weighted by atomic mass is 10.1. The number of benzene rings is 1. The number of thioether (sulfide) groups is 1. The molecular formula is C12H12FN3O3S. The van der Waals surface area contributed by atoms with E-state index in [9.17, 15) is 19.1 Å². The smallest absolute Gasteiger partial charge is 0.343 e. The van der Waals surface area contributed by atoms with Gasteiger partial charge < -0.3 is 5.11 Å². The number of H-pyrrole nitrogens is 1. The molecule has 0 spiro atoms. The summed E-state index contributed by atoms with van der Waals surface area (Å²) in [5.74, 6) is -1.07.